The van der Waals surface area contributed by atoms with Crippen LogP contribution in [0.5, 0.6) is 11.5 Å². The summed E-state index contributed by atoms with van der Waals surface area (Å²) in [7, 11) is 0. The van der Waals surface area contributed by atoms with Crippen molar-refractivity contribution < 1.29 is 19.1 Å². The fourth-order valence-electron chi connectivity index (χ4n) is 4.33. The number of ketones is 1. The number of Topliss-reactive ketones (excluding diaryl/α,β-unsaturated/α-hetero) is 1. The number of nitrogens with one attached hydrogen (secondary N) is 1. The summed E-state index contributed by atoms with van der Waals surface area (Å²) in [6.45, 7) is 0.395. The smallest absolute Gasteiger partial charge is 0.254 e. The van der Waals surface area contributed by atoms with Crippen molar-refractivity contribution in [2.45, 2.75) is 19.1 Å². The van der Waals surface area contributed by atoms with Crippen LogP contribution in [0.2, 0.25) is 0 Å². The van der Waals surface area contributed by atoms with Gasteiger partial charge in [0, 0.05) is 18.8 Å². The summed E-state index contributed by atoms with van der Waals surface area (Å²) in [5.41, 5.74) is 3.02. The van der Waals surface area contributed by atoms with Crippen LogP contribution in [-0.2, 0) is 22.6 Å². The first-order chi connectivity index (χ1) is 19.7. The van der Waals surface area contributed by atoms with Gasteiger partial charge in [0.2, 0.25) is 0 Å². The lowest BCUT2D eigenvalue weighted by Gasteiger charge is -2.19. The monoisotopic (exact) mass is 530 g/mol. The predicted molar refractivity (Wildman–Crippen MR) is 155 cm³/mol. The fraction of sp³-hybridized carbons (Fsp3) is 0.118. The minimum absolute atomic E-state index is 0.0559. The Labute approximate surface area is 233 Å². The van der Waals surface area contributed by atoms with E-state index in [-0.39, 0.29) is 24.7 Å². The molecule has 0 aliphatic heterocycles. The zero-order valence-corrected chi connectivity index (χ0v) is 22.0. The number of carbonyl (C=O) groups is 2. The van der Waals surface area contributed by atoms with Crippen LogP contribution >= 0.6 is 0 Å². The average Bonchev–Trinajstić information content (AvgIpc) is 3.54. The molecule has 40 heavy (non-hydrogen) atoms. The number of carbonyl (C=O) groups excluding carboxylic acids is 2. The zero-order chi connectivity index (χ0) is 27.6. The van der Waals surface area contributed by atoms with Crippen LogP contribution in [0.1, 0.15) is 21.5 Å². The van der Waals surface area contributed by atoms with Gasteiger partial charge in [0.05, 0.1) is 24.5 Å². The van der Waals surface area contributed by atoms with E-state index in [0.717, 1.165) is 22.6 Å². The van der Waals surface area contributed by atoms with Gasteiger partial charge in [0.15, 0.2) is 5.78 Å². The molecule has 5 aromatic rings. The molecule has 200 valence electrons. The van der Waals surface area contributed by atoms with Gasteiger partial charge < -0.3 is 19.4 Å². The molecule has 5 rings (SSSR count). The van der Waals surface area contributed by atoms with E-state index < -0.39 is 6.04 Å². The summed E-state index contributed by atoms with van der Waals surface area (Å²) in [5.74, 6) is 0.944. The molecule has 1 unspecified atom stereocenters. The molecular weight excluding hydrogens is 500 g/mol. The van der Waals surface area contributed by atoms with Gasteiger partial charge in [-0.15, -0.1) is 0 Å². The molecule has 1 heterocycles. The Morgan fingerprint density at radius 3 is 2.02 bits per heavy atom. The highest BCUT2D eigenvalue weighted by Gasteiger charge is 2.23. The summed E-state index contributed by atoms with van der Waals surface area (Å²) >= 11 is 0. The highest BCUT2D eigenvalue weighted by molar-refractivity contribution is 6.01. The van der Waals surface area contributed by atoms with Crippen molar-refractivity contribution in [3.63, 3.8) is 0 Å². The molecule has 0 bridgehead atoms. The molecule has 0 radical (unpaired) electrons. The lowest BCUT2D eigenvalue weighted by molar-refractivity contribution is -0.121. The summed E-state index contributed by atoms with van der Waals surface area (Å²) in [5, 5.41) is 2.93. The first-order valence-electron chi connectivity index (χ1n) is 13.2. The molecule has 4 aromatic carbocycles. The first-order valence-corrected chi connectivity index (χ1v) is 13.2. The first kappa shape index (κ1) is 26.7. The quantitative estimate of drug-likeness (QED) is 0.203. The predicted octanol–water partition coefficient (Wildman–Crippen LogP) is 6.40. The van der Waals surface area contributed by atoms with E-state index in [4.69, 9.17) is 9.47 Å². The Balaban J connectivity index is 1.29. The van der Waals surface area contributed by atoms with Crippen LogP contribution in [-0.4, -0.2) is 28.9 Å². The van der Waals surface area contributed by atoms with Crippen molar-refractivity contribution in [1.29, 1.82) is 0 Å². The number of para-hydroxylation sites is 2. The molecule has 0 fully saturated rings. The Bertz CT molecular complexity index is 1520. The number of benzene rings is 4. The Morgan fingerprint density at radius 2 is 1.30 bits per heavy atom. The minimum Gasteiger partial charge on any atom is -0.457 e. The third-order valence-corrected chi connectivity index (χ3v) is 6.40. The van der Waals surface area contributed by atoms with Gasteiger partial charge in [-0.2, -0.15) is 0 Å². The lowest BCUT2D eigenvalue weighted by atomic mass is 10.0. The van der Waals surface area contributed by atoms with E-state index in [9.17, 15) is 9.59 Å². The second kappa shape index (κ2) is 13.2. The van der Waals surface area contributed by atoms with E-state index in [1.165, 1.54) is 0 Å². The normalized spacial score (nSPS) is 11.5. The van der Waals surface area contributed by atoms with Crippen LogP contribution in [0.25, 0.3) is 5.69 Å². The molecule has 1 atom stereocenters. The van der Waals surface area contributed by atoms with Crippen LogP contribution < -0.4 is 10.1 Å². The van der Waals surface area contributed by atoms with E-state index >= 15 is 0 Å². The van der Waals surface area contributed by atoms with Crippen molar-refractivity contribution in [2.24, 2.45) is 0 Å². The molecule has 1 N–H and O–H groups in total. The van der Waals surface area contributed by atoms with Gasteiger partial charge in [-0.1, -0.05) is 72.8 Å². The molecule has 0 saturated heterocycles. The molecule has 0 saturated carbocycles. The molecular formula is C34H30N2O4. The molecule has 6 nitrogen and oxygen atoms in total. The maximum atomic E-state index is 13.5. The van der Waals surface area contributed by atoms with Crippen molar-refractivity contribution in [3.8, 4) is 17.2 Å². The maximum Gasteiger partial charge on any atom is 0.254 e. The van der Waals surface area contributed by atoms with Crippen molar-refractivity contribution in [1.82, 2.24) is 9.88 Å². The fourth-order valence-corrected chi connectivity index (χ4v) is 4.33. The Morgan fingerprint density at radius 1 is 0.675 bits per heavy atom. The zero-order valence-electron chi connectivity index (χ0n) is 22.0. The lowest BCUT2D eigenvalue weighted by Crippen LogP contribution is -2.45. The number of nitrogens with zero attached hydrogens (tertiary/aromatic N) is 1. The second-order valence-electron chi connectivity index (χ2n) is 9.34. The summed E-state index contributed by atoms with van der Waals surface area (Å²) in [6, 6.07) is 36.9. The number of rotatable bonds is 12. The van der Waals surface area contributed by atoms with E-state index in [2.05, 4.69) is 5.32 Å². The second-order valence-corrected chi connectivity index (χ2v) is 9.34. The Hall–Kier alpha value is -4.94. The van der Waals surface area contributed by atoms with E-state index in [1.54, 1.807) is 6.07 Å². The van der Waals surface area contributed by atoms with Gasteiger partial charge in [0.25, 0.3) is 5.91 Å². The molecule has 0 aliphatic rings. The molecule has 0 spiro atoms. The van der Waals surface area contributed by atoms with Crippen LogP contribution in [0.4, 0.5) is 0 Å². The topological polar surface area (TPSA) is 69.6 Å². The third kappa shape index (κ3) is 7.12. The van der Waals surface area contributed by atoms with E-state index in [1.807, 2.05) is 132 Å². The van der Waals surface area contributed by atoms with Gasteiger partial charge in [-0.25, -0.2) is 0 Å². The summed E-state index contributed by atoms with van der Waals surface area (Å²) < 4.78 is 13.6. The molecule has 0 aliphatic carbocycles. The van der Waals surface area contributed by atoms with Crippen LogP contribution in [0, 0.1) is 0 Å². The van der Waals surface area contributed by atoms with Gasteiger partial charge in [-0.05, 0) is 59.7 Å². The van der Waals surface area contributed by atoms with Gasteiger partial charge in [-0.3, -0.25) is 9.59 Å². The maximum absolute atomic E-state index is 13.5. The number of amides is 1. The molecule has 6 heteroatoms. The SMILES string of the molecule is O=C(NC(COCc1ccccc1)C(=O)Cc1ccc(Oc2ccccc2)cc1)c1ccccc1-n1cccc1. The molecule has 1 aromatic heterocycles. The summed E-state index contributed by atoms with van der Waals surface area (Å²) in [4.78, 5) is 26.9. The average molecular weight is 531 g/mol. The Kier molecular flexibility index (Phi) is 8.81. The summed E-state index contributed by atoms with van der Waals surface area (Å²) in [6.07, 6.45) is 3.90. The molecule has 1 amide bonds. The van der Waals surface area contributed by atoms with Crippen LogP contribution in [0.3, 0.4) is 0 Å². The number of hydrogen-bond donors (Lipinski definition) is 1. The number of hydrogen-bond acceptors (Lipinski definition) is 4. The largest absolute Gasteiger partial charge is 0.457 e. The highest BCUT2D eigenvalue weighted by atomic mass is 16.5. The van der Waals surface area contributed by atoms with E-state index in [0.29, 0.717) is 17.9 Å². The highest BCUT2D eigenvalue weighted by Crippen LogP contribution is 2.22. The van der Waals surface area contributed by atoms with Crippen molar-refractivity contribution >= 4 is 11.7 Å². The van der Waals surface area contributed by atoms with Crippen molar-refractivity contribution in [3.05, 3.63) is 150 Å². The van der Waals surface area contributed by atoms with Gasteiger partial charge in [0.1, 0.15) is 17.5 Å². The minimum atomic E-state index is -0.825. The number of ether oxygens (including phenoxy) is 2. The number of aromatic nitrogens is 1. The van der Waals surface area contributed by atoms with Gasteiger partial charge >= 0.3 is 0 Å². The third-order valence-electron chi connectivity index (χ3n) is 6.40. The van der Waals surface area contributed by atoms with Crippen LogP contribution in [0.15, 0.2) is 134 Å². The standard InChI is InChI=1S/C34H30N2O4/c37-33(23-26-17-19-29(20-18-26)40-28-13-5-2-6-14-28)31(25-39-24-27-11-3-1-4-12-27)35-34(38)30-15-7-8-16-32(30)36-21-9-10-22-36/h1-22,31H,23-25H2,(H,35,38). The van der Waals surface area contributed by atoms with Crippen molar-refractivity contribution in [2.75, 3.05) is 6.61 Å².